The van der Waals surface area contributed by atoms with Gasteiger partial charge in [-0.2, -0.15) is 4.98 Å². The van der Waals surface area contributed by atoms with Gasteiger partial charge in [0.25, 0.3) is 0 Å². The van der Waals surface area contributed by atoms with E-state index in [0.29, 0.717) is 27.4 Å². The first-order chi connectivity index (χ1) is 10.9. The molecule has 0 saturated heterocycles. The van der Waals surface area contributed by atoms with Crippen molar-refractivity contribution in [2.24, 2.45) is 5.92 Å². The molecule has 0 unspecified atom stereocenters. The topological polar surface area (TPSA) is 59.3 Å². The maximum absolute atomic E-state index is 11.8. The summed E-state index contributed by atoms with van der Waals surface area (Å²) in [5.41, 5.74) is 1.56. The highest BCUT2D eigenvalue weighted by Gasteiger charge is 2.15. The highest BCUT2D eigenvalue weighted by atomic mass is 35.5. The number of hydrogen-bond acceptors (Lipinski definition) is 4. The molecule has 0 saturated carbocycles. The van der Waals surface area contributed by atoms with Gasteiger partial charge < -0.3 is 0 Å². The summed E-state index contributed by atoms with van der Waals surface area (Å²) in [6.45, 7) is 3.97. The van der Waals surface area contributed by atoms with Crippen LogP contribution in [0.3, 0.4) is 0 Å². The lowest BCUT2D eigenvalue weighted by molar-refractivity contribution is -0.116. The van der Waals surface area contributed by atoms with Gasteiger partial charge in [0.05, 0.1) is 10.7 Å². The molecular formula is C15H14Cl2N4OS. The maximum Gasteiger partial charge on any atom is 0.250 e. The number of rotatable bonds is 4. The molecule has 0 atom stereocenters. The van der Waals surface area contributed by atoms with E-state index in [1.807, 2.05) is 19.2 Å². The molecule has 0 aliphatic carbocycles. The molecule has 0 spiro atoms. The van der Waals surface area contributed by atoms with Crippen molar-refractivity contribution in [3.05, 3.63) is 33.6 Å². The van der Waals surface area contributed by atoms with Gasteiger partial charge >= 0.3 is 0 Å². The number of benzene rings is 1. The number of anilines is 1. The molecular weight excluding hydrogens is 355 g/mol. The summed E-state index contributed by atoms with van der Waals surface area (Å²) >= 11 is 13.7. The van der Waals surface area contributed by atoms with Crippen LogP contribution in [0, 0.1) is 5.92 Å². The number of hydrogen-bond donors (Lipinski definition) is 1. The molecule has 1 amide bonds. The van der Waals surface area contributed by atoms with Crippen LogP contribution in [-0.2, 0) is 4.79 Å². The molecule has 2 aromatic heterocycles. The summed E-state index contributed by atoms with van der Waals surface area (Å²) in [6, 6.07) is 5.25. The van der Waals surface area contributed by atoms with Crippen LogP contribution in [0.25, 0.3) is 16.2 Å². The number of nitrogens with one attached hydrogen (secondary N) is 1. The fourth-order valence-electron chi connectivity index (χ4n) is 2.16. The summed E-state index contributed by atoms with van der Waals surface area (Å²) in [5, 5.41) is 10.1. The minimum atomic E-state index is -0.0967. The van der Waals surface area contributed by atoms with Crippen LogP contribution in [0.5, 0.6) is 0 Å². The summed E-state index contributed by atoms with van der Waals surface area (Å²) < 4.78 is 1.66. The molecule has 3 aromatic rings. The van der Waals surface area contributed by atoms with Gasteiger partial charge in [-0.25, -0.2) is 4.52 Å². The Morgan fingerprint density at radius 3 is 2.91 bits per heavy atom. The van der Waals surface area contributed by atoms with Crippen molar-refractivity contribution in [2.75, 3.05) is 5.32 Å². The third-order valence-electron chi connectivity index (χ3n) is 3.13. The first kappa shape index (κ1) is 16.2. The van der Waals surface area contributed by atoms with Gasteiger partial charge in [-0.3, -0.25) is 10.1 Å². The fraction of sp³-hybridized carbons (Fsp3) is 0.267. The largest absolute Gasteiger partial charge is 0.293 e. The summed E-state index contributed by atoms with van der Waals surface area (Å²) in [5.74, 6) is 0.474. The number of thiazole rings is 1. The third-order valence-corrected chi connectivity index (χ3v) is 4.51. The lowest BCUT2D eigenvalue weighted by Crippen LogP contribution is -2.14. The third kappa shape index (κ3) is 3.49. The molecule has 0 aliphatic rings. The smallest absolute Gasteiger partial charge is 0.250 e. The molecule has 23 heavy (non-hydrogen) atoms. The van der Waals surface area contributed by atoms with Crippen LogP contribution in [0.1, 0.15) is 20.3 Å². The van der Waals surface area contributed by atoms with Crippen molar-refractivity contribution in [1.82, 2.24) is 14.6 Å². The van der Waals surface area contributed by atoms with Crippen molar-refractivity contribution in [2.45, 2.75) is 20.3 Å². The van der Waals surface area contributed by atoms with E-state index < -0.39 is 0 Å². The van der Waals surface area contributed by atoms with Gasteiger partial charge in [0.2, 0.25) is 16.8 Å². The van der Waals surface area contributed by atoms with E-state index in [-0.39, 0.29) is 11.8 Å². The number of nitrogens with zero attached hydrogens (tertiary/aromatic N) is 3. The monoisotopic (exact) mass is 368 g/mol. The molecule has 2 heterocycles. The first-order valence-electron chi connectivity index (χ1n) is 7.03. The second-order valence-corrected chi connectivity index (χ2v) is 7.20. The average Bonchev–Trinajstić information content (AvgIpc) is 3.00. The molecule has 0 radical (unpaired) electrons. The van der Waals surface area contributed by atoms with Crippen molar-refractivity contribution in [3.8, 4) is 11.3 Å². The Morgan fingerprint density at radius 2 is 2.17 bits per heavy atom. The molecule has 1 aromatic carbocycles. The van der Waals surface area contributed by atoms with Crippen LogP contribution in [0.4, 0.5) is 5.95 Å². The zero-order valence-electron chi connectivity index (χ0n) is 12.5. The second kappa shape index (κ2) is 6.47. The number of halogens is 2. The zero-order chi connectivity index (χ0) is 16.6. The summed E-state index contributed by atoms with van der Waals surface area (Å²) in [7, 11) is 0. The lowest BCUT2D eigenvalue weighted by atomic mass is 10.1. The zero-order valence-corrected chi connectivity index (χ0v) is 14.8. The molecule has 120 valence electrons. The van der Waals surface area contributed by atoms with E-state index >= 15 is 0 Å². The number of fused-ring (bicyclic) bond motifs is 1. The van der Waals surface area contributed by atoms with E-state index in [1.54, 1.807) is 22.7 Å². The number of carbonyl (C=O) groups is 1. The van der Waals surface area contributed by atoms with E-state index in [1.165, 1.54) is 11.3 Å². The predicted octanol–water partition coefficient (Wildman–Crippen LogP) is 4.75. The van der Waals surface area contributed by atoms with Gasteiger partial charge in [0.15, 0.2) is 0 Å². The molecule has 8 heteroatoms. The highest BCUT2D eigenvalue weighted by Crippen LogP contribution is 2.33. The fourth-order valence-corrected chi connectivity index (χ4v) is 3.37. The predicted molar refractivity (Wildman–Crippen MR) is 94.4 cm³/mol. The Bertz CT molecular complexity index is 872. The molecule has 0 fully saturated rings. The quantitative estimate of drug-likeness (QED) is 0.722. The Labute approximate surface area is 147 Å². The van der Waals surface area contributed by atoms with Crippen LogP contribution >= 0.6 is 34.5 Å². The summed E-state index contributed by atoms with van der Waals surface area (Å²) in [4.78, 5) is 16.8. The van der Waals surface area contributed by atoms with Crippen LogP contribution < -0.4 is 5.32 Å². The lowest BCUT2D eigenvalue weighted by Gasteiger charge is -2.04. The summed E-state index contributed by atoms with van der Waals surface area (Å²) in [6.07, 6.45) is 0.430. The van der Waals surface area contributed by atoms with Crippen LogP contribution in [-0.4, -0.2) is 20.5 Å². The van der Waals surface area contributed by atoms with E-state index in [9.17, 15) is 4.79 Å². The first-order valence-corrected chi connectivity index (χ1v) is 8.67. The van der Waals surface area contributed by atoms with Crippen molar-refractivity contribution >= 4 is 51.4 Å². The Balaban J connectivity index is 1.95. The molecule has 0 aliphatic heterocycles. The van der Waals surface area contributed by atoms with E-state index in [0.717, 1.165) is 11.3 Å². The Hall–Kier alpha value is -1.63. The minimum absolute atomic E-state index is 0.0967. The number of carbonyl (C=O) groups excluding carboxylic acids is 1. The normalized spacial score (nSPS) is 11.3. The van der Waals surface area contributed by atoms with Crippen molar-refractivity contribution in [1.29, 1.82) is 0 Å². The van der Waals surface area contributed by atoms with Crippen molar-refractivity contribution < 1.29 is 4.79 Å². The SMILES string of the molecule is CC(C)CC(=O)Nc1nc2scc(-c3cc(Cl)ccc3Cl)n2n1. The maximum atomic E-state index is 11.8. The highest BCUT2D eigenvalue weighted by molar-refractivity contribution is 7.15. The molecule has 0 bridgehead atoms. The Kier molecular flexibility index (Phi) is 4.57. The van der Waals surface area contributed by atoms with Crippen LogP contribution in [0.2, 0.25) is 10.0 Å². The number of amides is 1. The Morgan fingerprint density at radius 1 is 1.39 bits per heavy atom. The van der Waals surface area contributed by atoms with Gasteiger partial charge in [-0.1, -0.05) is 37.0 Å². The van der Waals surface area contributed by atoms with Gasteiger partial charge in [-0.05, 0) is 24.1 Å². The van der Waals surface area contributed by atoms with E-state index in [2.05, 4.69) is 15.4 Å². The van der Waals surface area contributed by atoms with Gasteiger partial charge in [-0.15, -0.1) is 16.4 Å². The van der Waals surface area contributed by atoms with Gasteiger partial charge in [0.1, 0.15) is 0 Å². The standard InChI is InChI=1S/C15H14Cl2N4OS/c1-8(2)5-13(22)18-14-19-15-21(20-14)12(7-23-15)10-6-9(16)3-4-11(10)17/h3-4,6-8H,5H2,1-2H3,(H,18,20,22). The minimum Gasteiger partial charge on any atom is -0.293 e. The van der Waals surface area contributed by atoms with Gasteiger partial charge in [0, 0.05) is 22.4 Å². The van der Waals surface area contributed by atoms with E-state index in [4.69, 9.17) is 23.2 Å². The second-order valence-electron chi connectivity index (χ2n) is 5.52. The molecule has 3 rings (SSSR count). The number of aromatic nitrogens is 3. The average molecular weight is 369 g/mol. The molecule has 5 nitrogen and oxygen atoms in total. The van der Waals surface area contributed by atoms with Crippen molar-refractivity contribution in [3.63, 3.8) is 0 Å². The molecule has 1 N–H and O–H groups in total. The van der Waals surface area contributed by atoms with Crippen LogP contribution in [0.15, 0.2) is 23.6 Å².